The number of hydrogen-bond acceptors (Lipinski definition) is 2. The predicted octanol–water partition coefficient (Wildman–Crippen LogP) is 2.19. The highest BCUT2D eigenvalue weighted by molar-refractivity contribution is 6.35. The molecule has 0 amide bonds. The fraction of sp³-hybridized carbons (Fsp3) is 0. The van der Waals surface area contributed by atoms with E-state index in [1.165, 1.54) is 6.20 Å². The topological polar surface area (TPSA) is 56.6 Å². The number of aromatic nitrogens is 1. The average molecular weight is 223 g/mol. The van der Waals surface area contributed by atoms with Crippen molar-refractivity contribution < 1.29 is 4.39 Å². The molecule has 0 saturated heterocycles. The molecule has 0 spiro atoms. The number of rotatable bonds is 0. The Morgan fingerprint density at radius 1 is 1.47 bits per heavy atom. The number of aromatic amines is 1. The smallest absolute Gasteiger partial charge is 0.207 e. The minimum Gasteiger partial charge on any atom is -0.358 e. The number of fused-ring (bicyclic) bond motifs is 1. The van der Waals surface area contributed by atoms with Crippen molar-refractivity contribution in [2.24, 2.45) is 0 Å². The van der Waals surface area contributed by atoms with Crippen LogP contribution in [0.3, 0.4) is 0 Å². The van der Waals surface area contributed by atoms with Crippen LogP contribution >= 0.6 is 11.6 Å². The van der Waals surface area contributed by atoms with Crippen molar-refractivity contribution in [3.63, 3.8) is 0 Å². The molecule has 0 aliphatic heterocycles. The molecule has 0 atom stereocenters. The van der Waals surface area contributed by atoms with Crippen molar-refractivity contribution in [2.75, 3.05) is 0 Å². The van der Waals surface area contributed by atoms with Gasteiger partial charge in [0.1, 0.15) is 17.4 Å². The van der Waals surface area contributed by atoms with Gasteiger partial charge in [-0.25, -0.2) is 4.39 Å². The Labute approximate surface area is 88.7 Å². The summed E-state index contributed by atoms with van der Waals surface area (Å²) < 4.78 is 13.0. The molecule has 15 heavy (non-hydrogen) atoms. The summed E-state index contributed by atoms with van der Waals surface area (Å²) in [5.41, 5.74) is -0.251. The van der Waals surface area contributed by atoms with Crippen LogP contribution in [0.1, 0.15) is 5.56 Å². The van der Waals surface area contributed by atoms with E-state index in [1.807, 2.05) is 0 Å². The summed E-state index contributed by atoms with van der Waals surface area (Å²) in [6.45, 7) is 0. The van der Waals surface area contributed by atoms with Crippen LogP contribution in [0.2, 0.25) is 5.02 Å². The van der Waals surface area contributed by atoms with Gasteiger partial charge in [0.05, 0.1) is 15.9 Å². The van der Waals surface area contributed by atoms with Gasteiger partial charge < -0.3 is 4.98 Å². The summed E-state index contributed by atoms with van der Waals surface area (Å²) in [5.74, 6) is -0.604. The summed E-state index contributed by atoms with van der Waals surface area (Å²) >= 11 is 5.74. The molecular weight excluding hydrogens is 219 g/mol. The zero-order chi connectivity index (χ0) is 11.0. The summed E-state index contributed by atoms with van der Waals surface area (Å²) in [4.78, 5) is 14.3. The first-order valence-corrected chi connectivity index (χ1v) is 4.42. The highest BCUT2D eigenvalue weighted by atomic mass is 35.5. The van der Waals surface area contributed by atoms with E-state index in [1.54, 1.807) is 6.07 Å². The maximum absolute atomic E-state index is 13.0. The first kappa shape index (κ1) is 9.69. The average Bonchev–Trinajstić information content (AvgIpc) is 2.19. The van der Waals surface area contributed by atoms with E-state index in [-0.39, 0.29) is 16.0 Å². The van der Waals surface area contributed by atoms with Crippen molar-refractivity contribution >= 4 is 22.5 Å². The van der Waals surface area contributed by atoms with Crippen molar-refractivity contribution in [1.29, 1.82) is 5.26 Å². The molecule has 1 N–H and O–H groups in total. The molecule has 1 aromatic carbocycles. The molecule has 0 fully saturated rings. The maximum atomic E-state index is 13.0. The van der Waals surface area contributed by atoms with Gasteiger partial charge in [0, 0.05) is 6.20 Å². The van der Waals surface area contributed by atoms with Crippen LogP contribution < -0.4 is 5.43 Å². The lowest BCUT2D eigenvalue weighted by atomic mass is 10.1. The van der Waals surface area contributed by atoms with E-state index in [2.05, 4.69) is 4.98 Å². The third kappa shape index (κ3) is 1.47. The van der Waals surface area contributed by atoms with Crippen molar-refractivity contribution in [3.8, 4) is 6.07 Å². The number of nitrogens with one attached hydrogen (secondary N) is 1. The highest BCUT2D eigenvalue weighted by Crippen LogP contribution is 2.20. The van der Waals surface area contributed by atoms with Gasteiger partial charge in [-0.1, -0.05) is 11.6 Å². The van der Waals surface area contributed by atoms with Gasteiger partial charge in [-0.3, -0.25) is 4.79 Å². The number of H-pyrrole nitrogens is 1. The van der Waals surface area contributed by atoms with Crippen LogP contribution in [0.15, 0.2) is 23.1 Å². The largest absolute Gasteiger partial charge is 0.358 e. The Morgan fingerprint density at radius 2 is 2.20 bits per heavy atom. The molecule has 2 aromatic rings. The molecule has 0 aliphatic carbocycles. The minimum atomic E-state index is -0.604. The van der Waals surface area contributed by atoms with Gasteiger partial charge in [-0.05, 0) is 12.1 Å². The lowest BCUT2D eigenvalue weighted by Gasteiger charge is -2.00. The SMILES string of the molecule is N#Cc1c[nH]c2c(Cl)cc(F)cc2c1=O. The monoisotopic (exact) mass is 222 g/mol. The van der Waals surface area contributed by atoms with E-state index in [9.17, 15) is 9.18 Å². The van der Waals surface area contributed by atoms with Crippen LogP contribution in [-0.2, 0) is 0 Å². The van der Waals surface area contributed by atoms with Gasteiger partial charge in [-0.2, -0.15) is 5.26 Å². The Bertz CT molecular complexity index is 642. The lowest BCUT2D eigenvalue weighted by molar-refractivity contribution is 0.629. The first-order valence-electron chi connectivity index (χ1n) is 4.04. The number of nitriles is 1. The fourth-order valence-corrected chi connectivity index (χ4v) is 1.60. The van der Waals surface area contributed by atoms with Crippen molar-refractivity contribution in [1.82, 2.24) is 4.98 Å². The zero-order valence-corrected chi connectivity index (χ0v) is 8.10. The van der Waals surface area contributed by atoms with Crippen LogP contribution in [0.5, 0.6) is 0 Å². The molecule has 3 nitrogen and oxygen atoms in total. The van der Waals surface area contributed by atoms with E-state index in [0.717, 1.165) is 12.1 Å². The number of hydrogen-bond donors (Lipinski definition) is 1. The fourth-order valence-electron chi connectivity index (χ4n) is 1.34. The molecule has 1 heterocycles. The maximum Gasteiger partial charge on any atom is 0.207 e. The van der Waals surface area contributed by atoms with Gasteiger partial charge in [-0.15, -0.1) is 0 Å². The van der Waals surface area contributed by atoms with Crippen LogP contribution in [-0.4, -0.2) is 4.98 Å². The van der Waals surface area contributed by atoms with Gasteiger partial charge in [0.2, 0.25) is 5.43 Å². The number of benzene rings is 1. The molecule has 0 aliphatic rings. The van der Waals surface area contributed by atoms with E-state index in [4.69, 9.17) is 16.9 Å². The summed E-state index contributed by atoms with van der Waals surface area (Å²) in [7, 11) is 0. The Hall–Kier alpha value is -1.86. The number of nitrogens with zero attached hydrogens (tertiary/aromatic N) is 1. The normalized spacial score (nSPS) is 10.2. The number of halogens is 2. The minimum absolute atomic E-state index is 0.0656. The highest BCUT2D eigenvalue weighted by Gasteiger charge is 2.08. The van der Waals surface area contributed by atoms with Crippen LogP contribution in [0.4, 0.5) is 4.39 Å². The summed E-state index contributed by atoms with van der Waals surface area (Å²) in [5, 5.41) is 8.82. The summed E-state index contributed by atoms with van der Waals surface area (Å²) in [6.07, 6.45) is 1.26. The second-order valence-corrected chi connectivity index (χ2v) is 3.36. The van der Waals surface area contributed by atoms with Gasteiger partial charge >= 0.3 is 0 Å². The third-order valence-corrected chi connectivity index (χ3v) is 2.32. The van der Waals surface area contributed by atoms with Gasteiger partial charge in [0.15, 0.2) is 0 Å². The zero-order valence-electron chi connectivity index (χ0n) is 7.34. The molecule has 0 radical (unpaired) electrons. The second kappa shape index (κ2) is 3.37. The lowest BCUT2D eigenvalue weighted by Crippen LogP contribution is -2.07. The molecule has 0 saturated carbocycles. The molecule has 0 bridgehead atoms. The van der Waals surface area contributed by atoms with Crippen molar-refractivity contribution in [2.45, 2.75) is 0 Å². The van der Waals surface area contributed by atoms with E-state index < -0.39 is 11.2 Å². The van der Waals surface area contributed by atoms with Crippen LogP contribution in [0, 0.1) is 17.1 Å². The quantitative estimate of drug-likeness (QED) is 0.743. The molecule has 0 unspecified atom stereocenters. The molecule has 1 aromatic heterocycles. The third-order valence-electron chi connectivity index (χ3n) is 2.03. The van der Waals surface area contributed by atoms with Crippen molar-refractivity contribution in [3.05, 3.63) is 45.0 Å². The Balaban J connectivity index is 3.01. The van der Waals surface area contributed by atoms with Crippen LogP contribution in [0.25, 0.3) is 10.9 Å². The van der Waals surface area contributed by atoms with E-state index in [0.29, 0.717) is 5.52 Å². The molecule has 74 valence electrons. The molecule has 5 heteroatoms. The predicted molar refractivity (Wildman–Crippen MR) is 54.3 cm³/mol. The Morgan fingerprint density at radius 3 is 2.87 bits per heavy atom. The van der Waals surface area contributed by atoms with E-state index >= 15 is 0 Å². The van der Waals surface area contributed by atoms with Gasteiger partial charge in [0.25, 0.3) is 0 Å². The number of pyridine rings is 1. The summed E-state index contributed by atoms with van der Waals surface area (Å²) in [6, 6.07) is 3.88. The first-order chi connectivity index (χ1) is 7.13. The molecule has 2 rings (SSSR count). The Kier molecular flexibility index (Phi) is 2.18. The second-order valence-electron chi connectivity index (χ2n) is 2.95. The standard InChI is InChI=1S/C10H4ClFN2O/c11-8-2-6(12)1-7-9(8)14-4-5(3-13)10(7)15/h1-2,4H,(H,14,15). The molecular formula is C10H4ClFN2O.